The molecule has 1 amide bonds. The van der Waals surface area contributed by atoms with E-state index < -0.39 is 5.91 Å². The van der Waals surface area contributed by atoms with Crippen molar-refractivity contribution < 1.29 is 9.90 Å². The Morgan fingerprint density at radius 1 is 1.39 bits per heavy atom. The molecule has 0 radical (unpaired) electrons. The summed E-state index contributed by atoms with van der Waals surface area (Å²) in [4.78, 5) is 15.8. The fourth-order valence-electron chi connectivity index (χ4n) is 1.50. The molecule has 1 aromatic heterocycles. The van der Waals surface area contributed by atoms with Crippen LogP contribution in [0.5, 0.6) is 5.75 Å². The van der Waals surface area contributed by atoms with E-state index in [2.05, 4.69) is 10.3 Å². The van der Waals surface area contributed by atoms with E-state index in [-0.39, 0.29) is 16.5 Å². The Morgan fingerprint density at radius 3 is 2.83 bits per heavy atom. The van der Waals surface area contributed by atoms with E-state index in [0.717, 1.165) is 5.56 Å². The molecule has 4 nitrogen and oxygen atoms in total. The van der Waals surface area contributed by atoms with Crippen molar-refractivity contribution in [3.8, 4) is 5.75 Å². The van der Waals surface area contributed by atoms with E-state index >= 15 is 0 Å². The van der Waals surface area contributed by atoms with Gasteiger partial charge in [-0.3, -0.25) is 4.79 Å². The molecule has 0 spiro atoms. The zero-order valence-electron chi connectivity index (χ0n) is 9.64. The number of pyridine rings is 1. The summed E-state index contributed by atoms with van der Waals surface area (Å²) in [7, 11) is 0. The quantitative estimate of drug-likeness (QED) is 0.818. The lowest BCUT2D eigenvalue weighted by Gasteiger charge is -2.08. The summed E-state index contributed by atoms with van der Waals surface area (Å²) in [6.45, 7) is 1.83. The number of hydrogen-bond donors (Lipinski definition) is 2. The first-order valence-corrected chi connectivity index (χ1v) is 5.67. The number of phenols is 1. The average Bonchev–Trinajstić information content (AvgIpc) is 2.32. The largest absolute Gasteiger partial charge is 0.507 e. The first-order chi connectivity index (χ1) is 8.58. The van der Waals surface area contributed by atoms with Gasteiger partial charge in [0.1, 0.15) is 5.75 Å². The van der Waals surface area contributed by atoms with Crippen LogP contribution in [0.3, 0.4) is 0 Å². The van der Waals surface area contributed by atoms with Crippen LogP contribution in [0.2, 0.25) is 5.15 Å². The van der Waals surface area contributed by atoms with Crippen LogP contribution in [0, 0.1) is 6.92 Å². The molecular weight excluding hydrogens is 252 g/mol. The second kappa shape index (κ2) is 5.06. The van der Waals surface area contributed by atoms with Gasteiger partial charge in [-0.2, -0.15) is 0 Å². The topological polar surface area (TPSA) is 62.2 Å². The molecule has 2 rings (SSSR count). The highest BCUT2D eigenvalue weighted by Crippen LogP contribution is 2.22. The molecule has 2 aromatic rings. The van der Waals surface area contributed by atoms with Gasteiger partial charge in [0.2, 0.25) is 0 Å². The Balaban J connectivity index is 2.25. The third-order valence-corrected chi connectivity index (χ3v) is 2.71. The highest BCUT2D eigenvalue weighted by molar-refractivity contribution is 6.32. The molecule has 0 atom stereocenters. The molecule has 2 N–H and O–H groups in total. The van der Waals surface area contributed by atoms with Crippen molar-refractivity contribution in [3.05, 3.63) is 52.8 Å². The molecule has 0 saturated carbocycles. The maximum atomic E-state index is 11.9. The smallest absolute Gasteiger partial charge is 0.259 e. The molecule has 0 unspecified atom stereocenters. The number of rotatable bonds is 2. The fourth-order valence-corrected chi connectivity index (χ4v) is 1.67. The molecule has 0 aliphatic heterocycles. The standard InChI is InChI=1S/C13H11ClN2O2/c1-8-4-5-9(11(17)7-8)13(18)16-10-3-2-6-15-12(10)14/h2-7,17H,1H3,(H,16,18). The van der Waals surface area contributed by atoms with Gasteiger partial charge in [0.15, 0.2) is 5.15 Å². The minimum atomic E-state index is -0.428. The molecule has 0 aliphatic carbocycles. The molecular formula is C13H11ClN2O2. The number of nitrogens with zero attached hydrogens (tertiary/aromatic N) is 1. The molecule has 0 saturated heterocycles. The van der Waals surface area contributed by atoms with Gasteiger partial charge in [0.05, 0.1) is 11.3 Å². The lowest BCUT2D eigenvalue weighted by atomic mass is 10.1. The Morgan fingerprint density at radius 2 is 2.17 bits per heavy atom. The molecule has 1 aromatic carbocycles. The van der Waals surface area contributed by atoms with Crippen molar-refractivity contribution in [2.45, 2.75) is 6.92 Å². The summed E-state index contributed by atoms with van der Waals surface area (Å²) in [5.41, 5.74) is 1.48. The van der Waals surface area contributed by atoms with E-state index in [1.54, 1.807) is 24.3 Å². The molecule has 5 heteroatoms. The van der Waals surface area contributed by atoms with E-state index in [4.69, 9.17) is 11.6 Å². The second-order valence-electron chi connectivity index (χ2n) is 3.82. The first-order valence-electron chi connectivity index (χ1n) is 5.29. The Hall–Kier alpha value is -2.07. The fraction of sp³-hybridized carbons (Fsp3) is 0.0769. The van der Waals surface area contributed by atoms with Crippen molar-refractivity contribution in [1.29, 1.82) is 0 Å². The number of aromatic hydroxyl groups is 1. The third kappa shape index (κ3) is 2.60. The van der Waals surface area contributed by atoms with Crippen LogP contribution in [0.1, 0.15) is 15.9 Å². The molecule has 1 heterocycles. The van der Waals surface area contributed by atoms with Gasteiger partial charge < -0.3 is 10.4 Å². The lowest BCUT2D eigenvalue weighted by Crippen LogP contribution is -2.12. The number of anilines is 1. The van der Waals surface area contributed by atoms with E-state index in [0.29, 0.717) is 5.69 Å². The highest BCUT2D eigenvalue weighted by Gasteiger charge is 2.12. The number of carbonyl (C=O) groups excluding carboxylic acids is 1. The predicted octanol–water partition coefficient (Wildman–Crippen LogP) is 3.00. The first kappa shape index (κ1) is 12.4. The van der Waals surface area contributed by atoms with Crippen LogP contribution in [0.15, 0.2) is 36.5 Å². The molecule has 0 bridgehead atoms. The normalized spacial score (nSPS) is 10.1. The van der Waals surface area contributed by atoms with Gasteiger partial charge in [-0.05, 0) is 36.8 Å². The maximum absolute atomic E-state index is 11.9. The van der Waals surface area contributed by atoms with E-state index in [9.17, 15) is 9.90 Å². The van der Waals surface area contributed by atoms with Crippen molar-refractivity contribution >= 4 is 23.2 Å². The van der Waals surface area contributed by atoms with Crippen molar-refractivity contribution in [3.63, 3.8) is 0 Å². The van der Waals surface area contributed by atoms with Crippen LogP contribution in [0.25, 0.3) is 0 Å². The van der Waals surface area contributed by atoms with Gasteiger partial charge in [0.25, 0.3) is 5.91 Å². The van der Waals surface area contributed by atoms with Crippen molar-refractivity contribution in [1.82, 2.24) is 4.98 Å². The number of aryl methyl sites for hydroxylation is 1. The maximum Gasteiger partial charge on any atom is 0.259 e. The number of hydrogen-bond acceptors (Lipinski definition) is 3. The van der Waals surface area contributed by atoms with Gasteiger partial charge in [-0.25, -0.2) is 4.98 Å². The van der Waals surface area contributed by atoms with Crippen LogP contribution < -0.4 is 5.32 Å². The lowest BCUT2D eigenvalue weighted by molar-refractivity contribution is 0.102. The van der Waals surface area contributed by atoms with Crippen LogP contribution in [-0.2, 0) is 0 Å². The second-order valence-corrected chi connectivity index (χ2v) is 4.17. The van der Waals surface area contributed by atoms with Gasteiger partial charge >= 0.3 is 0 Å². The van der Waals surface area contributed by atoms with Gasteiger partial charge in [-0.1, -0.05) is 17.7 Å². The van der Waals surface area contributed by atoms with Gasteiger partial charge in [0, 0.05) is 6.20 Å². The monoisotopic (exact) mass is 262 g/mol. The van der Waals surface area contributed by atoms with E-state index in [1.165, 1.54) is 12.3 Å². The predicted molar refractivity (Wildman–Crippen MR) is 70.0 cm³/mol. The average molecular weight is 263 g/mol. The van der Waals surface area contributed by atoms with Crippen LogP contribution in [0.4, 0.5) is 5.69 Å². The van der Waals surface area contributed by atoms with Gasteiger partial charge in [-0.15, -0.1) is 0 Å². The summed E-state index contributed by atoms with van der Waals surface area (Å²) >= 11 is 5.83. The van der Waals surface area contributed by atoms with Crippen molar-refractivity contribution in [2.24, 2.45) is 0 Å². The number of amides is 1. The number of benzene rings is 1. The number of phenolic OH excluding ortho intramolecular Hbond substituents is 1. The summed E-state index contributed by atoms with van der Waals surface area (Å²) in [5, 5.41) is 12.5. The van der Waals surface area contributed by atoms with Crippen LogP contribution >= 0.6 is 11.6 Å². The Bertz CT molecular complexity index is 599. The minimum Gasteiger partial charge on any atom is -0.507 e. The Kier molecular flexibility index (Phi) is 3.48. The Labute approximate surface area is 109 Å². The summed E-state index contributed by atoms with van der Waals surface area (Å²) in [6, 6.07) is 8.14. The SMILES string of the molecule is Cc1ccc(C(=O)Nc2cccnc2Cl)c(O)c1. The van der Waals surface area contributed by atoms with Crippen LogP contribution in [-0.4, -0.2) is 16.0 Å². The third-order valence-electron chi connectivity index (χ3n) is 2.41. The van der Waals surface area contributed by atoms with E-state index in [1.807, 2.05) is 6.92 Å². The molecule has 18 heavy (non-hydrogen) atoms. The zero-order valence-corrected chi connectivity index (χ0v) is 10.4. The molecule has 0 aliphatic rings. The number of carbonyl (C=O) groups is 1. The zero-order chi connectivity index (χ0) is 13.1. The number of halogens is 1. The summed E-state index contributed by atoms with van der Waals surface area (Å²) in [6.07, 6.45) is 1.53. The minimum absolute atomic E-state index is 0.0625. The van der Waals surface area contributed by atoms with Crippen molar-refractivity contribution in [2.75, 3.05) is 5.32 Å². The molecule has 0 fully saturated rings. The highest BCUT2D eigenvalue weighted by atomic mass is 35.5. The summed E-state index contributed by atoms with van der Waals surface area (Å²) < 4.78 is 0. The molecule has 92 valence electrons. The number of nitrogens with one attached hydrogen (secondary N) is 1. The summed E-state index contributed by atoms with van der Waals surface area (Å²) in [5.74, 6) is -0.491. The number of aromatic nitrogens is 1.